The lowest BCUT2D eigenvalue weighted by molar-refractivity contribution is -0.135. The largest absolute Gasteiger partial charge is 0.463 e. The summed E-state index contributed by atoms with van der Waals surface area (Å²) in [6.07, 6.45) is 8.58. The van der Waals surface area contributed by atoms with E-state index in [0.717, 1.165) is 37.3 Å². The third-order valence-electron chi connectivity index (χ3n) is 5.22. The molecule has 1 amide bonds. The summed E-state index contributed by atoms with van der Waals surface area (Å²) in [5.74, 6) is -0.0507. The maximum atomic E-state index is 13.1. The molecular formula is C22H29N5O4S. The Morgan fingerprint density at radius 3 is 2.41 bits per heavy atom. The first-order valence-electron chi connectivity index (χ1n) is 10.9. The number of anilines is 1. The first kappa shape index (κ1) is 23.6. The lowest BCUT2D eigenvalue weighted by Gasteiger charge is -2.18. The normalized spacial score (nSPS) is 14.8. The molecule has 2 aromatic heterocycles. The number of hydrogen-bond acceptors (Lipinski definition) is 8. The second-order valence-electron chi connectivity index (χ2n) is 7.31. The molecule has 32 heavy (non-hydrogen) atoms. The van der Waals surface area contributed by atoms with Gasteiger partial charge in [-0.15, -0.1) is 11.3 Å². The van der Waals surface area contributed by atoms with Crippen LogP contribution >= 0.6 is 11.3 Å². The Balaban J connectivity index is 1.98. The molecule has 2 aromatic rings. The summed E-state index contributed by atoms with van der Waals surface area (Å²) in [7, 11) is 0. The molecule has 0 spiro atoms. The quantitative estimate of drug-likeness (QED) is 0.525. The molecule has 0 aromatic carbocycles. The van der Waals surface area contributed by atoms with Crippen LogP contribution in [-0.2, 0) is 20.9 Å². The van der Waals surface area contributed by atoms with Crippen LogP contribution < -0.4 is 19.7 Å². The van der Waals surface area contributed by atoms with Crippen molar-refractivity contribution in [3.8, 4) is 0 Å². The van der Waals surface area contributed by atoms with Crippen LogP contribution in [0.25, 0.3) is 12.2 Å². The number of rotatable bonds is 8. The van der Waals surface area contributed by atoms with Crippen LogP contribution in [0.3, 0.4) is 0 Å². The molecule has 0 aliphatic carbocycles. The molecule has 0 bridgehead atoms. The van der Waals surface area contributed by atoms with Crippen molar-refractivity contribution in [3.63, 3.8) is 0 Å². The van der Waals surface area contributed by atoms with E-state index in [1.807, 2.05) is 13.8 Å². The molecule has 172 valence electrons. The van der Waals surface area contributed by atoms with E-state index in [-0.39, 0.29) is 24.6 Å². The molecule has 9 nitrogen and oxygen atoms in total. The zero-order valence-electron chi connectivity index (χ0n) is 18.7. The fourth-order valence-electron chi connectivity index (χ4n) is 3.53. The van der Waals surface area contributed by atoms with E-state index in [9.17, 15) is 14.4 Å². The fourth-order valence-corrected chi connectivity index (χ4v) is 4.56. The summed E-state index contributed by atoms with van der Waals surface area (Å²) in [4.78, 5) is 50.4. The predicted octanol–water partition coefficient (Wildman–Crippen LogP) is 0.341. The van der Waals surface area contributed by atoms with E-state index in [1.165, 1.54) is 10.6 Å². The van der Waals surface area contributed by atoms with Gasteiger partial charge in [0.05, 0.1) is 17.2 Å². The Morgan fingerprint density at radius 2 is 1.81 bits per heavy atom. The van der Waals surface area contributed by atoms with Gasteiger partial charge in [0.25, 0.3) is 5.56 Å². The first-order chi connectivity index (χ1) is 15.5. The van der Waals surface area contributed by atoms with Gasteiger partial charge in [0, 0.05) is 44.1 Å². The highest BCUT2D eigenvalue weighted by atomic mass is 32.1. The summed E-state index contributed by atoms with van der Waals surface area (Å²) >= 11 is 1.14. The third kappa shape index (κ3) is 5.61. The van der Waals surface area contributed by atoms with Gasteiger partial charge in [-0.25, -0.2) is 14.8 Å². The second kappa shape index (κ2) is 11.0. The van der Waals surface area contributed by atoms with Gasteiger partial charge in [0.1, 0.15) is 11.2 Å². The molecule has 1 saturated heterocycles. The number of thiazole rings is 1. The Kier molecular flexibility index (Phi) is 8.15. The van der Waals surface area contributed by atoms with Crippen LogP contribution in [0.1, 0.15) is 39.2 Å². The Hall–Kier alpha value is -3.01. The number of hydrogen-bond donors (Lipinski definition) is 0. The van der Waals surface area contributed by atoms with Crippen LogP contribution in [0.4, 0.5) is 5.95 Å². The number of carbonyl (C=O) groups is 2. The summed E-state index contributed by atoms with van der Waals surface area (Å²) in [6, 6.07) is 0. The average molecular weight is 460 g/mol. The maximum Gasteiger partial charge on any atom is 0.333 e. The molecule has 10 heteroatoms. The van der Waals surface area contributed by atoms with E-state index >= 15 is 0 Å². The molecule has 3 heterocycles. The summed E-state index contributed by atoms with van der Waals surface area (Å²) in [6.45, 7) is 8.56. The van der Waals surface area contributed by atoms with Gasteiger partial charge in [-0.3, -0.25) is 14.2 Å². The molecule has 0 saturated carbocycles. The third-order valence-corrected chi connectivity index (χ3v) is 6.28. The standard InChI is InChI=1S/C22H29N5O4S/c1-4-25(5-2)18(28)15-27-19(12-20(29)31-6-3)32-17(21(27)30)11-16-13-23-22(24-14-16)26-9-7-8-10-26/h11-14H,4-10,15H2,1-3H3/b17-11+,19-12+. The monoisotopic (exact) mass is 459 g/mol. The van der Waals surface area contributed by atoms with Gasteiger partial charge < -0.3 is 14.5 Å². The van der Waals surface area contributed by atoms with E-state index in [4.69, 9.17) is 4.74 Å². The summed E-state index contributed by atoms with van der Waals surface area (Å²) < 4.78 is 7.08. The predicted molar refractivity (Wildman–Crippen MR) is 124 cm³/mol. The number of carbonyl (C=O) groups excluding carboxylic acids is 2. The van der Waals surface area contributed by atoms with E-state index < -0.39 is 5.97 Å². The molecule has 0 N–H and O–H groups in total. The van der Waals surface area contributed by atoms with Gasteiger partial charge >= 0.3 is 5.97 Å². The highest BCUT2D eigenvalue weighted by molar-refractivity contribution is 7.07. The molecule has 1 aliphatic heterocycles. The van der Waals surface area contributed by atoms with Gasteiger partial charge in [-0.1, -0.05) is 0 Å². The second-order valence-corrected chi connectivity index (χ2v) is 8.38. The van der Waals surface area contributed by atoms with Crippen molar-refractivity contribution in [2.45, 2.75) is 40.2 Å². The molecule has 0 unspecified atom stereocenters. The van der Waals surface area contributed by atoms with Crippen molar-refractivity contribution in [2.75, 3.05) is 37.7 Å². The summed E-state index contributed by atoms with van der Waals surface area (Å²) in [5.41, 5.74) is 0.339. The molecule has 1 fully saturated rings. The molecule has 3 rings (SSSR count). The Labute approximate surface area is 190 Å². The lowest BCUT2D eigenvalue weighted by Crippen LogP contribution is -2.40. The number of ether oxygens (including phenoxy) is 1. The minimum atomic E-state index is -0.553. The van der Waals surface area contributed by atoms with Crippen molar-refractivity contribution in [3.05, 3.63) is 37.5 Å². The van der Waals surface area contributed by atoms with Crippen LogP contribution in [-0.4, -0.2) is 64.1 Å². The van der Waals surface area contributed by atoms with E-state index in [1.54, 1.807) is 30.3 Å². The van der Waals surface area contributed by atoms with Crippen LogP contribution in [0.2, 0.25) is 0 Å². The van der Waals surface area contributed by atoms with Crippen molar-refractivity contribution >= 4 is 41.3 Å². The van der Waals surface area contributed by atoms with Crippen LogP contribution in [0, 0.1) is 0 Å². The maximum absolute atomic E-state index is 13.1. The zero-order chi connectivity index (χ0) is 23.1. The average Bonchev–Trinajstić information content (AvgIpc) is 3.41. The Bertz CT molecular complexity index is 1110. The SMILES string of the molecule is CCOC(=O)/C=c1/s/c(=C/c2cnc(N3CCCC3)nc2)c(=O)n1CC(=O)N(CC)CC. The van der Waals surface area contributed by atoms with Crippen LogP contribution in [0.15, 0.2) is 17.2 Å². The number of aromatic nitrogens is 3. The van der Waals surface area contributed by atoms with Gasteiger partial charge in [-0.2, -0.15) is 0 Å². The lowest BCUT2D eigenvalue weighted by atomic mass is 10.3. The van der Waals surface area contributed by atoms with Crippen molar-refractivity contribution in [2.24, 2.45) is 0 Å². The molecular weight excluding hydrogens is 430 g/mol. The Morgan fingerprint density at radius 1 is 1.16 bits per heavy atom. The summed E-state index contributed by atoms with van der Waals surface area (Å²) in [5, 5.41) is 0. The van der Waals surface area contributed by atoms with Gasteiger partial charge in [-0.05, 0) is 39.7 Å². The van der Waals surface area contributed by atoms with E-state index in [0.29, 0.717) is 33.8 Å². The smallest absolute Gasteiger partial charge is 0.333 e. The van der Waals surface area contributed by atoms with Gasteiger partial charge in [0.2, 0.25) is 11.9 Å². The zero-order valence-corrected chi connectivity index (χ0v) is 19.6. The van der Waals surface area contributed by atoms with Crippen molar-refractivity contribution < 1.29 is 14.3 Å². The minimum Gasteiger partial charge on any atom is -0.463 e. The number of esters is 1. The highest BCUT2D eigenvalue weighted by Gasteiger charge is 2.16. The molecule has 0 radical (unpaired) electrons. The van der Waals surface area contributed by atoms with Crippen molar-refractivity contribution in [1.29, 1.82) is 0 Å². The molecule has 1 aliphatic rings. The van der Waals surface area contributed by atoms with Crippen molar-refractivity contribution in [1.82, 2.24) is 19.4 Å². The number of likely N-dealkylation sites (N-methyl/N-ethyl adjacent to an activating group) is 1. The highest BCUT2D eigenvalue weighted by Crippen LogP contribution is 2.14. The first-order valence-corrected chi connectivity index (χ1v) is 11.7. The number of amides is 1. The topological polar surface area (TPSA) is 97.6 Å². The fraction of sp³-hybridized carbons (Fsp3) is 0.500. The van der Waals surface area contributed by atoms with Gasteiger partial charge in [0.15, 0.2) is 0 Å². The minimum absolute atomic E-state index is 0.138. The molecule has 0 atom stereocenters. The number of nitrogens with zero attached hydrogens (tertiary/aromatic N) is 5. The van der Waals surface area contributed by atoms with Crippen LogP contribution in [0.5, 0.6) is 0 Å². The van der Waals surface area contributed by atoms with E-state index in [2.05, 4.69) is 14.9 Å².